The Kier molecular flexibility index (Phi) is 4.64. The molecule has 0 bridgehead atoms. The van der Waals surface area contributed by atoms with Crippen LogP contribution in [0.5, 0.6) is 0 Å². The standard InChI is InChI=1S/C9H15N2O6P/c1-6-3-11(9(13)10-8(6)12)4-7(2)17-5-18(14,15)16/h3,7H,4-5H2,1-2H3,(H,10,12,13)(H2,14,15,16). The molecule has 1 atom stereocenters. The fraction of sp³-hybridized carbons (Fsp3) is 0.556. The summed E-state index contributed by atoms with van der Waals surface area (Å²) in [5.74, 6) is 0. The first-order valence-corrected chi connectivity index (χ1v) is 6.95. The molecule has 1 heterocycles. The Morgan fingerprint density at radius 1 is 1.50 bits per heavy atom. The second-order valence-corrected chi connectivity index (χ2v) is 5.58. The number of hydrogen-bond donors (Lipinski definition) is 3. The third-order valence-corrected chi connectivity index (χ3v) is 2.66. The van der Waals surface area contributed by atoms with Gasteiger partial charge in [-0.15, -0.1) is 0 Å². The van der Waals surface area contributed by atoms with E-state index in [1.165, 1.54) is 10.8 Å². The van der Waals surface area contributed by atoms with E-state index in [0.717, 1.165) is 0 Å². The molecule has 0 saturated carbocycles. The molecule has 1 rings (SSSR count). The summed E-state index contributed by atoms with van der Waals surface area (Å²) in [4.78, 5) is 42.0. The summed E-state index contributed by atoms with van der Waals surface area (Å²) in [6.07, 6.45) is 0.102. The van der Waals surface area contributed by atoms with E-state index < -0.39 is 31.3 Å². The Morgan fingerprint density at radius 3 is 2.67 bits per heavy atom. The van der Waals surface area contributed by atoms with Crippen LogP contribution in [0.4, 0.5) is 0 Å². The number of ether oxygens (including phenoxy) is 1. The van der Waals surface area contributed by atoms with Gasteiger partial charge in [-0.2, -0.15) is 0 Å². The van der Waals surface area contributed by atoms with Crippen molar-refractivity contribution in [2.24, 2.45) is 0 Å². The molecule has 8 nitrogen and oxygen atoms in total. The molecule has 18 heavy (non-hydrogen) atoms. The van der Waals surface area contributed by atoms with Crippen molar-refractivity contribution < 1.29 is 19.1 Å². The number of H-pyrrole nitrogens is 1. The van der Waals surface area contributed by atoms with Gasteiger partial charge in [-0.3, -0.25) is 18.9 Å². The molecule has 1 aromatic rings. The molecule has 9 heteroatoms. The lowest BCUT2D eigenvalue weighted by molar-refractivity contribution is 0.0746. The van der Waals surface area contributed by atoms with E-state index in [9.17, 15) is 14.2 Å². The minimum Gasteiger partial charge on any atom is -0.364 e. The van der Waals surface area contributed by atoms with Crippen molar-refractivity contribution in [2.45, 2.75) is 26.5 Å². The molecule has 1 aromatic heterocycles. The van der Waals surface area contributed by atoms with Crippen LogP contribution >= 0.6 is 7.60 Å². The molecular formula is C9H15N2O6P. The van der Waals surface area contributed by atoms with Gasteiger partial charge in [-0.1, -0.05) is 0 Å². The first kappa shape index (κ1) is 14.8. The van der Waals surface area contributed by atoms with Crippen molar-refractivity contribution in [3.8, 4) is 0 Å². The van der Waals surface area contributed by atoms with Crippen LogP contribution in [-0.4, -0.2) is 31.8 Å². The molecule has 0 spiro atoms. The maximum Gasteiger partial charge on any atom is 0.350 e. The van der Waals surface area contributed by atoms with E-state index in [1.807, 2.05) is 0 Å². The van der Waals surface area contributed by atoms with Crippen LogP contribution in [0.15, 0.2) is 15.8 Å². The van der Waals surface area contributed by atoms with Crippen molar-refractivity contribution in [1.82, 2.24) is 9.55 Å². The highest BCUT2D eigenvalue weighted by Crippen LogP contribution is 2.34. The maximum absolute atomic E-state index is 11.4. The van der Waals surface area contributed by atoms with Crippen LogP contribution in [0.3, 0.4) is 0 Å². The number of nitrogens with one attached hydrogen (secondary N) is 1. The molecule has 0 aromatic carbocycles. The van der Waals surface area contributed by atoms with Gasteiger partial charge >= 0.3 is 13.3 Å². The molecule has 0 radical (unpaired) electrons. The second-order valence-electron chi connectivity index (χ2n) is 3.99. The third-order valence-electron chi connectivity index (χ3n) is 2.17. The van der Waals surface area contributed by atoms with Crippen molar-refractivity contribution in [3.05, 3.63) is 32.6 Å². The Hall–Kier alpha value is -1.21. The zero-order valence-corrected chi connectivity index (χ0v) is 10.9. The molecule has 0 aliphatic carbocycles. The van der Waals surface area contributed by atoms with E-state index in [-0.39, 0.29) is 6.54 Å². The van der Waals surface area contributed by atoms with E-state index in [4.69, 9.17) is 14.5 Å². The van der Waals surface area contributed by atoms with Gasteiger partial charge in [-0.25, -0.2) is 4.79 Å². The molecule has 102 valence electrons. The van der Waals surface area contributed by atoms with Crippen molar-refractivity contribution >= 4 is 7.60 Å². The zero-order valence-electron chi connectivity index (χ0n) is 9.99. The second kappa shape index (κ2) is 5.62. The summed E-state index contributed by atoms with van der Waals surface area (Å²) >= 11 is 0. The summed E-state index contributed by atoms with van der Waals surface area (Å²) in [6.45, 7) is 3.22. The summed E-state index contributed by atoms with van der Waals surface area (Å²) in [6, 6.07) is 0. The largest absolute Gasteiger partial charge is 0.364 e. The lowest BCUT2D eigenvalue weighted by Gasteiger charge is -2.15. The highest BCUT2D eigenvalue weighted by molar-refractivity contribution is 7.51. The van der Waals surface area contributed by atoms with Gasteiger partial charge in [0.25, 0.3) is 5.56 Å². The molecule has 0 aliphatic rings. The molecule has 0 aliphatic heterocycles. The van der Waals surface area contributed by atoms with E-state index in [0.29, 0.717) is 5.56 Å². The van der Waals surface area contributed by atoms with Crippen LogP contribution < -0.4 is 11.2 Å². The number of aromatic amines is 1. The van der Waals surface area contributed by atoms with E-state index in [2.05, 4.69) is 4.98 Å². The Bertz CT molecular complexity index is 571. The number of aromatic nitrogens is 2. The number of hydrogen-bond acceptors (Lipinski definition) is 4. The molecule has 3 N–H and O–H groups in total. The lowest BCUT2D eigenvalue weighted by Crippen LogP contribution is -2.33. The normalized spacial score (nSPS) is 13.6. The summed E-state index contributed by atoms with van der Waals surface area (Å²) < 4.78 is 16.8. The molecule has 0 saturated heterocycles. The summed E-state index contributed by atoms with van der Waals surface area (Å²) in [5.41, 5.74) is -0.672. The van der Waals surface area contributed by atoms with Crippen molar-refractivity contribution in [3.63, 3.8) is 0 Å². The number of rotatable bonds is 5. The van der Waals surface area contributed by atoms with Gasteiger partial charge < -0.3 is 14.5 Å². The average molecular weight is 278 g/mol. The van der Waals surface area contributed by atoms with E-state index in [1.54, 1.807) is 13.8 Å². The van der Waals surface area contributed by atoms with Gasteiger partial charge in [0, 0.05) is 11.8 Å². The molecule has 0 fully saturated rings. The molecule has 1 unspecified atom stereocenters. The third kappa shape index (κ3) is 4.58. The predicted octanol–water partition coefficient (Wildman–Crippen LogP) is -0.615. The van der Waals surface area contributed by atoms with Crippen molar-refractivity contribution in [2.75, 3.05) is 6.35 Å². The van der Waals surface area contributed by atoms with Crippen molar-refractivity contribution in [1.29, 1.82) is 0 Å². The van der Waals surface area contributed by atoms with Crippen LogP contribution in [0.1, 0.15) is 12.5 Å². The van der Waals surface area contributed by atoms with Gasteiger partial charge in [0.1, 0.15) is 6.35 Å². The Labute approximate surface area is 102 Å². The highest BCUT2D eigenvalue weighted by Gasteiger charge is 2.16. The summed E-state index contributed by atoms with van der Waals surface area (Å²) in [7, 11) is -4.22. The van der Waals surface area contributed by atoms with Gasteiger partial charge in [0.05, 0.1) is 12.6 Å². The quantitative estimate of drug-likeness (QED) is 0.617. The van der Waals surface area contributed by atoms with Gasteiger partial charge in [-0.05, 0) is 13.8 Å². The smallest absolute Gasteiger partial charge is 0.350 e. The molecular weight excluding hydrogens is 263 g/mol. The first-order chi connectivity index (χ1) is 8.19. The predicted molar refractivity (Wildman–Crippen MR) is 63.5 cm³/mol. The fourth-order valence-electron chi connectivity index (χ4n) is 1.31. The lowest BCUT2D eigenvalue weighted by atomic mass is 10.3. The minimum atomic E-state index is -4.22. The Balaban J connectivity index is 2.74. The maximum atomic E-state index is 11.4. The first-order valence-electron chi connectivity index (χ1n) is 5.15. The zero-order chi connectivity index (χ0) is 13.9. The summed E-state index contributed by atoms with van der Waals surface area (Å²) in [5, 5.41) is 0. The monoisotopic (exact) mass is 278 g/mol. The van der Waals surface area contributed by atoms with Crippen LogP contribution in [0.2, 0.25) is 0 Å². The number of aryl methyl sites for hydroxylation is 1. The highest BCUT2D eigenvalue weighted by atomic mass is 31.2. The topological polar surface area (TPSA) is 122 Å². The van der Waals surface area contributed by atoms with Gasteiger partial charge in [0.2, 0.25) is 0 Å². The van der Waals surface area contributed by atoms with E-state index >= 15 is 0 Å². The fourth-order valence-corrected chi connectivity index (χ4v) is 1.76. The number of nitrogens with zero attached hydrogens (tertiary/aromatic N) is 1. The van der Waals surface area contributed by atoms with Crippen LogP contribution in [-0.2, 0) is 15.8 Å². The van der Waals surface area contributed by atoms with Crippen LogP contribution in [0.25, 0.3) is 0 Å². The Morgan fingerprint density at radius 2 is 2.11 bits per heavy atom. The molecule has 0 amide bonds. The van der Waals surface area contributed by atoms with Gasteiger partial charge in [0.15, 0.2) is 0 Å². The minimum absolute atomic E-state index is 0.0937. The average Bonchev–Trinajstić information content (AvgIpc) is 2.22. The SMILES string of the molecule is Cc1cn(CC(C)OCP(=O)(O)O)c(=O)[nH]c1=O. The van der Waals surface area contributed by atoms with Crippen LogP contribution in [0, 0.1) is 6.92 Å².